The molecule has 0 saturated heterocycles. The fourth-order valence-electron chi connectivity index (χ4n) is 1.82. The van der Waals surface area contributed by atoms with E-state index in [4.69, 9.17) is 0 Å². The molecule has 0 fully saturated rings. The Morgan fingerprint density at radius 2 is 1.65 bits per heavy atom. The van der Waals surface area contributed by atoms with Crippen LogP contribution in [0.4, 0.5) is 13.2 Å². The average molecular weight is 410 g/mol. The van der Waals surface area contributed by atoms with Gasteiger partial charge in [0, 0.05) is 10.9 Å². The van der Waals surface area contributed by atoms with E-state index < -0.39 is 23.6 Å². The van der Waals surface area contributed by atoms with Crippen LogP contribution in [-0.4, -0.2) is 5.11 Å². The zero-order chi connectivity index (χ0) is 14.9. The topological polar surface area (TPSA) is 20.2 Å². The Balaban J connectivity index is 2.31. The van der Waals surface area contributed by atoms with Gasteiger partial charge in [0.1, 0.15) is 5.82 Å². The summed E-state index contributed by atoms with van der Waals surface area (Å²) in [6, 6.07) is 6.54. The third-order valence-electron chi connectivity index (χ3n) is 2.85. The molecule has 0 aromatic heterocycles. The highest BCUT2D eigenvalue weighted by molar-refractivity contribution is 9.10. The number of aliphatic hydroxyl groups excluding tert-OH is 1. The third-order valence-corrected chi connectivity index (χ3v) is 4.14. The first kappa shape index (κ1) is 15.5. The monoisotopic (exact) mass is 408 g/mol. The predicted molar refractivity (Wildman–Crippen MR) is 76.8 cm³/mol. The van der Waals surface area contributed by atoms with E-state index in [1.807, 2.05) is 0 Å². The van der Waals surface area contributed by atoms with Crippen molar-refractivity contribution in [2.75, 3.05) is 0 Å². The normalized spacial score (nSPS) is 12.5. The fraction of sp³-hybridized carbons (Fsp3) is 0.143. The molecule has 6 heteroatoms. The molecule has 1 atom stereocenters. The molecule has 1 N–H and O–H groups in total. The molecule has 0 spiro atoms. The maximum absolute atomic E-state index is 13.6. The highest BCUT2D eigenvalue weighted by atomic mass is 79.9. The number of aliphatic hydroxyl groups is 1. The lowest BCUT2D eigenvalue weighted by Gasteiger charge is -2.14. The fourth-order valence-corrected chi connectivity index (χ4v) is 2.81. The van der Waals surface area contributed by atoms with Crippen molar-refractivity contribution >= 4 is 31.9 Å². The van der Waals surface area contributed by atoms with Gasteiger partial charge in [-0.1, -0.05) is 22.0 Å². The van der Waals surface area contributed by atoms with Crippen LogP contribution in [0.3, 0.4) is 0 Å². The summed E-state index contributed by atoms with van der Waals surface area (Å²) in [6.45, 7) is 0. The van der Waals surface area contributed by atoms with Crippen molar-refractivity contribution in [2.24, 2.45) is 0 Å². The SMILES string of the molecule is OC(Cc1cc(Br)ccc1F)c1ccc(F)c(F)c1Br. The van der Waals surface area contributed by atoms with Crippen molar-refractivity contribution in [1.82, 2.24) is 0 Å². The summed E-state index contributed by atoms with van der Waals surface area (Å²) in [5.74, 6) is -2.55. The number of benzene rings is 2. The van der Waals surface area contributed by atoms with Gasteiger partial charge in [0.15, 0.2) is 11.6 Å². The van der Waals surface area contributed by atoms with Crippen LogP contribution in [0.1, 0.15) is 17.2 Å². The molecule has 0 radical (unpaired) electrons. The van der Waals surface area contributed by atoms with Crippen LogP contribution in [0.25, 0.3) is 0 Å². The van der Waals surface area contributed by atoms with E-state index >= 15 is 0 Å². The first-order chi connectivity index (χ1) is 9.40. The summed E-state index contributed by atoms with van der Waals surface area (Å²) < 4.78 is 40.6. The van der Waals surface area contributed by atoms with Gasteiger partial charge in [-0.15, -0.1) is 0 Å². The Morgan fingerprint density at radius 1 is 1.00 bits per heavy atom. The van der Waals surface area contributed by atoms with Gasteiger partial charge in [-0.2, -0.15) is 0 Å². The molecule has 2 aromatic carbocycles. The first-order valence-corrected chi connectivity index (χ1v) is 7.24. The van der Waals surface area contributed by atoms with Gasteiger partial charge >= 0.3 is 0 Å². The summed E-state index contributed by atoms with van der Waals surface area (Å²) in [5, 5.41) is 10.1. The van der Waals surface area contributed by atoms with Crippen molar-refractivity contribution in [3.63, 3.8) is 0 Å². The Hall–Kier alpha value is -0.850. The van der Waals surface area contributed by atoms with Gasteiger partial charge in [-0.3, -0.25) is 0 Å². The van der Waals surface area contributed by atoms with Crippen LogP contribution < -0.4 is 0 Å². The maximum Gasteiger partial charge on any atom is 0.173 e. The largest absolute Gasteiger partial charge is 0.388 e. The van der Waals surface area contributed by atoms with Crippen molar-refractivity contribution in [2.45, 2.75) is 12.5 Å². The summed E-state index contributed by atoms with van der Waals surface area (Å²) in [4.78, 5) is 0. The van der Waals surface area contributed by atoms with Gasteiger partial charge in [0.2, 0.25) is 0 Å². The summed E-state index contributed by atoms with van der Waals surface area (Å²) >= 11 is 6.11. The summed E-state index contributed by atoms with van der Waals surface area (Å²) in [6.07, 6.45) is -1.20. The number of rotatable bonds is 3. The van der Waals surface area contributed by atoms with Crippen molar-refractivity contribution < 1.29 is 18.3 Å². The Bertz CT molecular complexity index is 647. The number of hydrogen-bond acceptors (Lipinski definition) is 1. The van der Waals surface area contributed by atoms with Gasteiger partial charge in [-0.05, 0) is 51.3 Å². The van der Waals surface area contributed by atoms with Crippen molar-refractivity contribution in [3.8, 4) is 0 Å². The third kappa shape index (κ3) is 3.24. The van der Waals surface area contributed by atoms with E-state index in [1.54, 1.807) is 6.07 Å². The molecule has 0 saturated carbocycles. The van der Waals surface area contributed by atoms with E-state index in [9.17, 15) is 18.3 Å². The van der Waals surface area contributed by atoms with Crippen LogP contribution in [0.2, 0.25) is 0 Å². The van der Waals surface area contributed by atoms with E-state index in [-0.39, 0.29) is 22.0 Å². The summed E-state index contributed by atoms with van der Waals surface area (Å²) in [7, 11) is 0. The van der Waals surface area contributed by atoms with E-state index in [1.165, 1.54) is 18.2 Å². The molecular weight excluding hydrogens is 401 g/mol. The number of halogens is 5. The zero-order valence-electron chi connectivity index (χ0n) is 10.0. The van der Waals surface area contributed by atoms with Crippen molar-refractivity contribution in [1.29, 1.82) is 0 Å². The Kier molecular flexibility index (Phi) is 4.88. The van der Waals surface area contributed by atoms with Gasteiger partial charge in [0.05, 0.1) is 10.6 Å². The molecule has 0 bridgehead atoms. The standard InChI is InChI=1S/C14H9Br2F3O/c15-8-1-3-10(17)7(5-8)6-12(20)9-2-4-11(18)14(19)13(9)16/h1-5,12,20H,6H2. The lowest BCUT2D eigenvalue weighted by Crippen LogP contribution is -2.06. The highest BCUT2D eigenvalue weighted by Gasteiger charge is 2.19. The first-order valence-electron chi connectivity index (χ1n) is 5.65. The minimum absolute atomic E-state index is 0.0467. The molecule has 0 heterocycles. The van der Waals surface area contributed by atoms with Crippen LogP contribution in [0.5, 0.6) is 0 Å². The molecule has 0 aliphatic rings. The van der Waals surface area contributed by atoms with E-state index in [0.717, 1.165) is 6.07 Å². The van der Waals surface area contributed by atoms with Crippen molar-refractivity contribution in [3.05, 3.63) is 67.9 Å². The van der Waals surface area contributed by atoms with E-state index in [0.29, 0.717) is 4.47 Å². The second-order valence-electron chi connectivity index (χ2n) is 4.22. The van der Waals surface area contributed by atoms with Gasteiger partial charge in [0.25, 0.3) is 0 Å². The molecule has 2 aromatic rings. The molecule has 0 aliphatic carbocycles. The van der Waals surface area contributed by atoms with Crippen LogP contribution in [-0.2, 0) is 6.42 Å². The quantitative estimate of drug-likeness (QED) is 0.714. The van der Waals surface area contributed by atoms with Crippen LogP contribution in [0, 0.1) is 17.5 Å². The van der Waals surface area contributed by atoms with E-state index in [2.05, 4.69) is 31.9 Å². The molecule has 106 valence electrons. The maximum atomic E-state index is 13.6. The minimum Gasteiger partial charge on any atom is -0.388 e. The van der Waals surface area contributed by atoms with Crippen LogP contribution >= 0.6 is 31.9 Å². The molecule has 1 nitrogen and oxygen atoms in total. The number of hydrogen-bond donors (Lipinski definition) is 1. The second-order valence-corrected chi connectivity index (χ2v) is 5.93. The predicted octanol–water partition coefficient (Wildman–Crippen LogP) is 4.91. The lowest BCUT2D eigenvalue weighted by atomic mass is 10.0. The average Bonchev–Trinajstić information content (AvgIpc) is 2.40. The molecule has 0 amide bonds. The lowest BCUT2D eigenvalue weighted by molar-refractivity contribution is 0.175. The molecule has 20 heavy (non-hydrogen) atoms. The van der Waals surface area contributed by atoms with Gasteiger partial charge < -0.3 is 5.11 Å². The Labute approximate surface area is 130 Å². The molecule has 2 rings (SSSR count). The molecule has 1 unspecified atom stereocenters. The smallest absolute Gasteiger partial charge is 0.173 e. The van der Waals surface area contributed by atoms with Gasteiger partial charge in [-0.25, -0.2) is 13.2 Å². The second kappa shape index (κ2) is 6.28. The summed E-state index contributed by atoms with van der Waals surface area (Å²) in [5.41, 5.74) is 0.451. The minimum atomic E-state index is -1.15. The Morgan fingerprint density at radius 3 is 2.35 bits per heavy atom. The zero-order valence-corrected chi connectivity index (χ0v) is 13.2. The molecular formula is C14H9Br2F3O. The highest BCUT2D eigenvalue weighted by Crippen LogP contribution is 2.30. The van der Waals surface area contributed by atoms with Crippen LogP contribution in [0.15, 0.2) is 39.3 Å². The molecule has 0 aliphatic heterocycles.